The van der Waals surface area contributed by atoms with E-state index in [1.165, 1.54) is 0 Å². The van der Waals surface area contributed by atoms with Gasteiger partial charge in [0.05, 0.1) is 5.56 Å². The average molecular weight is 321 g/mol. The lowest BCUT2D eigenvalue weighted by Crippen LogP contribution is -2.38. The number of benzene rings is 1. The van der Waals surface area contributed by atoms with E-state index < -0.39 is 0 Å². The van der Waals surface area contributed by atoms with E-state index in [9.17, 15) is 4.79 Å². The third kappa shape index (κ3) is 2.73. The van der Waals surface area contributed by atoms with Gasteiger partial charge in [-0.3, -0.25) is 4.79 Å². The van der Waals surface area contributed by atoms with Crippen molar-refractivity contribution in [2.45, 2.75) is 0 Å². The Morgan fingerprint density at radius 3 is 2.75 bits per heavy atom. The minimum absolute atomic E-state index is 0.0645. The Morgan fingerprint density at radius 2 is 2.06 bits per heavy atom. The standard InChI is InChI=1S/C11H11BrClNOS/c12-10-2-1-8(13)7-9(10)11(15)14-3-5-16-6-4-14/h1-2,7H,3-6H2. The zero-order chi connectivity index (χ0) is 11.5. The van der Waals surface area contributed by atoms with Crippen LogP contribution in [-0.2, 0) is 0 Å². The van der Waals surface area contributed by atoms with Gasteiger partial charge in [-0.15, -0.1) is 0 Å². The van der Waals surface area contributed by atoms with Crippen molar-refractivity contribution in [3.8, 4) is 0 Å². The largest absolute Gasteiger partial charge is 0.337 e. The van der Waals surface area contributed by atoms with Crippen LogP contribution >= 0.6 is 39.3 Å². The fourth-order valence-corrected chi connectivity index (χ4v) is 3.09. The summed E-state index contributed by atoms with van der Waals surface area (Å²) in [5.41, 5.74) is 0.652. The first kappa shape index (κ1) is 12.3. The number of rotatable bonds is 1. The summed E-state index contributed by atoms with van der Waals surface area (Å²) in [7, 11) is 0. The molecule has 0 aliphatic carbocycles. The molecular formula is C11H11BrClNOS. The third-order valence-electron chi connectivity index (χ3n) is 2.46. The van der Waals surface area contributed by atoms with Crippen LogP contribution < -0.4 is 0 Å². The van der Waals surface area contributed by atoms with Crippen molar-refractivity contribution >= 4 is 45.2 Å². The molecule has 1 aliphatic heterocycles. The Bertz CT molecular complexity index is 407. The van der Waals surface area contributed by atoms with Gasteiger partial charge in [-0.2, -0.15) is 11.8 Å². The first-order chi connectivity index (χ1) is 7.68. The molecule has 5 heteroatoms. The molecule has 0 N–H and O–H groups in total. The molecule has 1 saturated heterocycles. The van der Waals surface area contributed by atoms with Gasteiger partial charge >= 0.3 is 0 Å². The van der Waals surface area contributed by atoms with Crippen molar-refractivity contribution in [1.29, 1.82) is 0 Å². The van der Waals surface area contributed by atoms with E-state index in [1.807, 2.05) is 22.7 Å². The zero-order valence-electron chi connectivity index (χ0n) is 8.58. The molecule has 0 saturated carbocycles. The van der Waals surface area contributed by atoms with Crippen LogP contribution in [0.1, 0.15) is 10.4 Å². The van der Waals surface area contributed by atoms with E-state index in [2.05, 4.69) is 15.9 Å². The first-order valence-electron chi connectivity index (χ1n) is 5.00. The number of carbonyl (C=O) groups is 1. The Morgan fingerprint density at radius 1 is 1.38 bits per heavy atom. The Labute approximate surface area is 112 Å². The highest BCUT2D eigenvalue weighted by Crippen LogP contribution is 2.23. The SMILES string of the molecule is O=C(c1cc(Cl)ccc1Br)N1CCSCC1. The third-order valence-corrected chi connectivity index (χ3v) is 4.33. The van der Waals surface area contributed by atoms with Crippen LogP contribution in [0.3, 0.4) is 0 Å². The van der Waals surface area contributed by atoms with Crippen LogP contribution in [0.2, 0.25) is 5.02 Å². The highest BCUT2D eigenvalue weighted by Gasteiger charge is 2.20. The van der Waals surface area contributed by atoms with Crippen molar-refractivity contribution in [1.82, 2.24) is 4.90 Å². The van der Waals surface area contributed by atoms with Gasteiger partial charge in [0, 0.05) is 34.1 Å². The van der Waals surface area contributed by atoms with E-state index in [4.69, 9.17) is 11.6 Å². The molecular weight excluding hydrogens is 310 g/mol. The first-order valence-corrected chi connectivity index (χ1v) is 7.33. The summed E-state index contributed by atoms with van der Waals surface area (Å²) in [6.45, 7) is 1.64. The maximum Gasteiger partial charge on any atom is 0.255 e. The summed E-state index contributed by atoms with van der Waals surface area (Å²) in [4.78, 5) is 14.1. The molecule has 0 radical (unpaired) electrons. The lowest BCUT2D eigenvalue weighted by atomic mass is 10.2. The molecule has 0 spiro atoms. The molecule has 0 bridgehead atoms. The minimum atomic E-state index is 0.0645. The van der Waals surface area contributed by atoms with E-state index in [0.29, 0.717) is 10.6 Å². The molecule has 1 fully saturated rings. The molecule has 1 amide bonds. The fourth-order valence-electron chi connectivity index (χ4n) is 1.60. The summed E-state index contributed by atoms with van der Waals surface area (Å²) in [6, 6.07) is 5.30. The predicted molar refractivity (Wildman–Crippen MR) is 72.4 cm³/mol. The van der Waals surface area contributed by atoms with Gasteiger partial charge < -0.3 is 4.90 Å². The van der Waals surface area contributed by atoms with Gasteiger partial charge in [-0.1, -0.05) is 11.6 Å². The summed E-state index contributed by atoms with van der Waals surface area (Å²) >= 11 is 11.2. The molecule has 1 heterocycles. The van der Waals surface area contributed by atoms with Crippen molar-refractivity contribution in [3.05, 3.63) is 33.3 Å². The molecule has 1 aromatic carbocycles. The van der Waals surface area contributed by atoms with E-state index in [0.717, 1.165) is 29.1 Å². The Kier molecular flexibility index (Phi) is 4.16. The highest BCUT2D eigenvalue weighted by atomic mass is 79.9. The smallest absolute Gasteiger partial charge is 0.255 e. The molecule has 0 aromatic heterocycles. The summed E-state index contributed by atoms with van der Waals surface area (Å²) in [6.07, 6.45) is 0. The average Bonchev–Trinajstić information content (AvgIpc) is 2.32. The number of hydrogen-bond acceptors (Lipinski definition) is 2. The van der Waals surface area contributed by atoms with Crippen LogP contribution in [0.5, 0.6) is 0 Å². The molecule has 2 rings (SSSR count). The lowest BCUT2D eigenvalue weighted by molar-refractivity contribution is 0.0771. The minimum Gasteiger partial charge on any atom is -0.337 e. The molecule has 0 atom stereocenters. The number of halogens is 2. The molecule has 0 unspecified atom stereocenters. The van der Waals surface area contributed by atoms with Gasteiger partial charge in [0.2, 0.25) is 0 Å². The normalized spacial score (nSPS) is 16.2. The van der Waals surface area contributed by atoms with Crippen molar-refractivity contribution in [2.24, 2.45) is 0 Å². The molecule has 86 valence electrons. The quantitative estimate of drug-likeness (QED) is 0.791. The monoisotopic (exact) mass is 319 g/mol. The number of thioether (sulfide) groups is 1. The number of amides is 1. The van der Waals surface area contributed by atoms with Crippen molar-refractivity contribution in [3.63, 3.8) is 0 Å². The van der Waals surface area contributed by atoms with Crippen LogP contribution in [0.4, 0.5) is 0 Å². The van der Waals surface area contributed by atoms with Crippen LogP contribution in [0.25, 0.3) is 0 Å². The molecule has 1 aliphatic rings. The van der Waals surface area contributed by atoms with E-state index >= 15 is 0 Å². The van der Waals surface area contributed by atoms with Crippen molar-refractivity contribution in [2.75, 3.05) is 24.6 Å². The van der Waals surface area contributed by atoms with E-state index in [-0.39, 0.29) is 5.91 Å². The fraction of sp³-hybridized carbons (Fsp3) is 0.364. The zero-order valence-corrected chi connectivity index (χ0v) is 11.7. The summed E-state index contributed by atoms with van der Waals surface area (Å²) in [5, 5.41) is 0.595. The second kappa shape index (κ2) is 5.43. The summed E-state index contributed by atoms with van der Waals surface area (Å²) in [5.74, 6) is 2.10. The van der Waals surface area contributed by atoms with Crippen molar-refractivity contribution < 1.29 is 4.79 Å². The van der Waals surface area contributed by atoms with E-state index in [1.54, 1.807) is 12.1 Å². The molecule has 1 aromatic rings. The molecule has 2 nitrogen and oxygen atoms in total. The molecule has 16 heavy (non-hydrogen) atoms. The predicted octanol–water partition coefficient (Wildman–Crippen LogP) is 3.29. The Hall–Kier alpha value is -0.190. The number of carbonyl (C=O) groups excluding carboxylic acids is 1. The van der Waals surface area contributed by atoms with Crippen LogP contribution in [0, 0.1) is 0 Å². The second-order valence-corrected chi connectivity index (χ2v) is 6.04. The van der Waals surface area contributed by atoms with Crippen LogP contribution in [-0.4, -0.2) is 35.4 Å². The number of hydrogen-bond donors (Lipinski definition) is 0. The van der Waals surface area contributed by atoms with Gasteiger partial charge in [0.1, 0.15) is 0 Å². The summed E-state index contributed by atoms with van der Waals surface area (Å²) < 4.78 is 0.806. The van der Waals surface area contributed by atoms with Gasteiger partial charge in [-0.25, -0.2) is 0 Å². The Balaban J connectivity index is 2.22. The maximum absolute atomic E-state index is 12.2. The second-order valence-electron chi connectivity index (χ2n) is 3.53. The highest BCUT2D eigenvalue weighted by molar-refractivity contribution is 9.10. The maximum atomic E-state index is 12.2. The lowest BCUT2D eigenvalue weighted by Gasteiger charge is -2.26. The van der Waals surface area contributed by atoms with Gasteiger partial charge in [-0.05, 0) is 34.1 Å². The topological polar surface area (TPSA) is 20.3 Å². The number of nitrogens with zero attached hydrogens (tertiary/aromatic N) is 1. The van der Waals surface area contributed by atoms with Gasteiger partial charge in [0.25, 0.3) is 5.91 Å². The van der Waals surface area contributed by atoms with Gasteiger partial charge in [0.15, 0.2) is 0 Å². The van der Waals surface area contributed by atoms with Crippen LogP contribution in [0.15, 0.2) is 22.7 Å².